The van der Waals surface area contributed by atoms with Crippen molar-refractivity contribution in [2.45, 2.75) is 0 Å². The predicted octanol–water partition coefficient (Wildman–Crippen LogP) is 0.275. The molecule has 1 aromatic rings. The van der Waals surface area contributed by atoms with E-state index in [-0.39, 0.29) is 12.4 Å². The fraction of sp³-hybridized carbons (Fsp3) is 0. The van der Waals surface area contributed by atoms with Crippen LogP contribution < -0.4 is 0 Å². The van der Waals surface area contributed by atoms with Gasteiger partial charge in [-0.25, -0.2) is 0 Å². The van der Waals surface area contributed by atoms with Crippen LogP contribution in [0.15, 0.2) is 12.3 Å². The van der Waals surface area contributed by atoms with E-state index in [4.69, 9.17) is 6.42 Å². The molecule has 0 N–H and O–H groups in total. The van der Waals surface area contributed by atoms with E-state index in [1.165, 1.54) is 6.20 Å². The molecule has 0 aliphatic heterocycles. The van der Waals surface area contributed by atoms with Crippen molar-refractivity contribution in [3.63, 3.8) is 0 Å². The van der Waals surface area contributed by atoms with Gasteiger partial charge in [0.05, 0.1) is 6.20 Å². The molecule has 0 aliphatic carbocycles. The average molecular weight is 142 g/mol. The molecule has 0 unspecified atom stereocenters. The zero-order valence-electron chi connectivity index (χ0n) is 4.48. The summed E-state index contributed by atoms with van der Waals surface area (Å²) in [6.07, 6.45) is 6.47. The van der Waals surface area contributed by atoms with E-state index < -0.39 is 0 Å². The predicted molar refractivity (Wildman–Crippen MR) is 35.0 cm³/mol. The molecule has 0 saturated heterocycles. The second-order valence-corrected chi connectivity index (χ2v) is 1.15. The van der Waals surface area contributed by atoms with Gasteiger partial charge in [-0.1, -0.05) is 0 Å². The lowest BCUT2D eigenvalue weighted by Crippen LogP contribution is -1.86. The van der Waals surface area contributed by atoms with Crippen LogP contribution in [0, 0.1) is 12.3 Å². The Morgan fingerprint density at radius 1 is 1.56 bits per heavy atom. The van der Waals surface area contributed by atoms with Gasteiger partial charge in [-0.05, 0) is 17.2 Å². The lowest BCUT2D eigenvalue weighted by molar-refractivity contribution is 0.856. The van der Waals surface area contributed by atoms with Crippen molar-refractivity contribution >= 4 is 12.4 Å². The number of nitrogens with zero attached hydrogens (tertiary/aromatic N) is 3. The Kier molecular flexibility index (Phi) is 3.33. The number of aromatic nitrogens is 3. The standard InChI is InChI=1S/C5H3N3.ClH/c1-2-5-3-4-6-8-7-5;/h1,3-4H;1H. The molecule has 46 valence electrons. The molecule has 1 aromatic heterocycles. The monoisotopic (exact) mass is 141 g/mol. The molecule has 9 heavy (non-hydrogen) atoms. The summed E-state index contributed by atoms with van der Waals surface area (Å²) >= 11 is 0. The SMILES string of the molecule is C#Cc1ccnnn1.Cl. The second kappa shape index (κ2) is 3.81. The minimum Gasteiger partial charge on any atom is -0.147 e. The van der Waals surface area contributed by atoms with Crippen LogP contribution in [0.3, 0.4) is 0 Å². The van der Waals surface area contributed by atoms with E-state index in [1.54, 1.807) is 6.07 Å². The molecular weight excluding hydrogens is 138 g/mol. The zero-order valence-corrected chi connectivity index (χ0v) is 5.30. The van der Waals surface area contributed by atoms with Gasteiger partial charge in [-0.2, -0.15) is 0 Å². The van der Waals surface area contributed by atoms with Gasteiger partial charge in [0.2, 0.25) is 0 Å². The molecule has 0 saturated carbocycles. The average Bonchev–Trinajstić information content (AvgIpc) is 1.90. The summed E-state index contributed by atoms with van der Waals surface area (Å²) in [5.74, 6) is 2.31. The van der Waals surface area contributed by atoms with Crippen LogP contribution in [0.2, 0.25) is 0 Å². The lowest BCUT2D eigenvalue weighted by Gasteiger charge is -1.79. The molecule has 4 heteroatoms. The van der Waals surface area contributed by atoms with Gasteiger partial charge in [-0.15, -0.1) is 29.0 Å². The summed E-state index contributed by atoms with van der Waals surface area (Å²) in [6, 6.07) is 1.62. The van der Waals surface area contributed by atoms with Gasteiger partial charge in [0, 0.05) is 0 Å². The third-order valence-corrected chi connectivity index (χ3v) is 0.651. The largest absolute Gasteiger partial charge is 0.147 e. The van der Waals surface area contributed by atoms with Gasteiger partial charge in [0.15, 0.2) is 0 Å². The van der Waals surface area contributed by atoms with Crippen molar-refractivity contribution in [2.75, 3.05) is 0 Å². The molecule has 0 bridgehead atoms. The molecule has 1 heterocycles. The van der Waals surface area contributed by atoms with Crippen LogP contribution in [0.5, 0.6) is 0 Å². The third kappa shape index (κ3) is 2.06. The van der Waals surface area contributed by atoms with Crippen LogP contribution in [-0.2, 0) is 0 Å². The van der Waals surface area contributed by atoms with Crippen LogP contribution in [0.1, 0.15) is 5.69 Å². The Balaban J connectivity index is 0.000000640. The number of halogens is 1. The number of hydrogen-bond acceptors (Lipinski definition) is 3. The smallest absolute Gasteiger partial charge is 0.139 e. The van der Waals surface area contributed by atoms with Crippen molar-refractivity contribution in [1.29, 1.82) is 0 Å². The highest BCUT2D eigenvalue weighted by Crippen LogP contribution is 1.80. The first-order chi connectivity index (χ1) is 3.93. The Morgan fingerprint density at radius 3 is 2.67 bits per heavy atom. The Hall–Kier alpha value is -1.14. The summed E-state index contributed by atoms with van der Waals surface area (Å²) < 4.78 is 0. The molecule has 0 aromatic carbocycles. The summed E-state index contributed by atoms with van der Waals surface area (Å²) in [5.41, 5.74) is 0.514. The minimum atomic E-state index is 0. The summed E-state index contributed by atoms with van der Waals surface area (Å²) in [4.78, 5) is 0. The molecule has 3 nitrogen and oxygen atoms in total. The zero-order chi connectivity index (χ0) is 5.82. The van der Waals surface area contributed by atoms with E-state index in [0.717, 1.165) is 0 Å². The topological polar surface area (TPSA) is 38.7 Å². The van der Waals surface area contributed by atoms with E-state index >= 15 is 0 Å². The van der Waals surface area contributed by atoms with E-state index in [1.807, 2.05) is 0 Å². The Bertz CT molecular complexity index is 203. The number of rotatable bonds is 0. The molecule has 0 radical (unpaired) electrons. The molecule has 0 fully saturated rings. The van der Waals surface area contributed by atoms with Crippen LogP contribution in [0.25, 0.3) is 0 Å². The fourth-order valence-corrected chi connectivity index (χ4v) is 0.318. The van der Waals surface area contributed by atoms with E-state index in [0.29, 0.717) is 5.69 Å². The highest BCUT2D eigenvalue weighted by Gasteiger charge is 1.80. The van der Waals surface area contributed by atoms with Crippen molar-refractivity contribution < 1.29 is 0 Å². The van der Waals surface area contributed by atoms with Crippen molar-refractivity contribution in [3.05, 3.63) is 18.0 Å². The second-order valence-electron chi connectivity index (χ2n) is 1.15. The number of hydrogen-bond donors (Lipinski definition) is 0. The first kappa shape index (κ1) is 7.86. The van der Waals surface area contributed by atoms with Crippen LogP contribution >= 0.6 is 12.4 Å². The van der Waals surface area contributed by atoms with Crippen molar-refractivity contribution in [3.8, 4) is 12.3 Å². The molecule has 1 rings (SSSR count). The normalized spacial score (nSPS) is 7.00. The van der Waals surface area contributed by atoms with E-state index in [9.17, 15) is 0 Å². The Morgan fingerprint density at radius 2 is 2.33 bits per heavy atom. The molecule has 0 amide bonds. The molecule has 0 spiro atoms. The number of terminal acetylenes is 1. The van der Waals surface area contributed by atoms with Crippen molar-refractivity contribution in [1.82, 2.24) is 15.4 Å². The summed E-state index contributed by atoms with van der Waals surface area (Å²) in [7, 11) is 0. The highest BCUT2D eigenvalue weighted by molar-refractivity contribution is 5.85. The minimum absolute atomic E-state index is 0. The fourth-order valence-electron chi connectivity index (χ4n) is 0.318. The Labute approximate surface area is 58.9 Å². The maximum Gasteiger partial charge on any atom is 0.139 e. The van der Waals surface area contributed by atoms with Crippen LogP contribution in [-0.4, -0.2) is 15.4 Å². The molecule has 0 atom stereocenters. The van der Waals surface area contributed by atoms with Gasteiger partial charge in [0.25, 0.3) is 0 Å². The molecule has 0 aliphatic rings. The molecular formula is C5H4ClN3. The highest BCUT2D eigenvalue weighted by atomic mass is 35.5. The maximum atomic E-state index is 4.97. The van der Waals surface area contributed by atoms with Crippen molar-refractivity contribution in [2.24, 2.45) is 0 Å². The van der Waals surface area contributed by atoms with Gasteiger partial charge in [0.1, 0.15) is 5.69 Å². The van der Waals surface area contributed by atoms with Gasteiger partial charge < -0.3 is 0 Å². The van der Waals surface area contributed by atoms with Gasteiger partial charge in [-0.3, -0.25) is 0 Å². The first-order valence-electron chi connectivity index (χ1n) is 2.04. The summed E-state index contributed by atoms with van der Waals surface area (Å²) in [5, 5.41) is 10.2. The summed E-state index contributed by atoms with van der Waals surface area (Å²) in [6.45, 7) is 0. The lowest BCUT2D eigenvalue weighted by atomic mass is 10.4. The van der Waals surface area contributed by atoms with Gasteiger partial charge >= 0.3 is 0 Å². The quantitative estimate of drug-likeness (QED) is 0.487. The first-order valence-corrected chi connectivity index (χ1v) is 2.04. The third-order valence-electron chi connectivity index (χ3n) is 0.651. The maximum absolute atomic E-state index is 4.97. The van der Waals surface area contributed by atoms with E-state index in [2.05, 4.69) is 21.3 Å². The van der Waals surface area contributed by atoms with Crippen LogP contribution in [0.4, 0.5) is 0 Å².